The standard InChI is InChI=1S/C12H16N2O/c1-9-3-5-10(6-4-9)7-11-13-8-12(15)14(11)2/h3-6,11,13H,7-8H2,1-2H3/t11-/m0/s1. The molecule has 1 heterocycles. The Balaban J connectivity index is 2.03. The van der Waals surface area contributed by atoms with Gasteiger partial charge in [0.1, 0.15) is 0 Å². The molecule has 1 amide bonds. The normalized spacial score (nSPS) is 21.1. The highest BCUT2D eigenvalue weighted by Crippen LogP contribution is 2.10. The number of carbonyl (C=O) groups is 1. The molecular formula is C12H16N2O. The largest absolute Gasteiger partial charge is 0.329 e. The second kappa shape index (κ2) is 4.03. The molecule has 1 aromatic carbocycles. The summed E-state index contributed by atoms with van der Waals surface area (Å²) in [6.07, 6.45) is 1.03. The van der Waals surface area contributed by atoms with Crippen LogP contribution in [0.1, 0.15) is 11.1 Å². The van der Waals surface area contributed by atoms with E-state index in [1.54, 1.807) is 4.90 Å². The summed E-state index contributed by atoms with van der Waals surface area (Å²) in [6.45, 7) is 2.54. The van der Waals surface area contributed by atoms with E-state index in [9.17, 15) is 4.79 Å². The monoisotopic (exact) mass is 204 g/mol. The third-order valence-electron chi connectivity index (χ3n) is 2.90. The van der Waals surface area contributed by atoms with Gasteiger partial charge in [0.15, 0.2) is 0 Å². The van der Waals surface area contributed by atoms with E-state index >= 15 is 0 Å². The Hall–Kier alpha value is -1.35. The van der Waals surface area contributed by atoms with Crippen LogP contribution < -0.4 is 5.32 Å². The highest BCUT2D eigenvalue weighted by Gasteiger charge is 2.26. The van der Waals surface area contributed by atoms with Gasteiger partial charge in [-0.25, -0.2) is 0 Å². The maximum atomic E-state index is 11.3. The summed E-state index contributed by atoms with van der Waals surface area (Å²) in [6, 6.07) is 8.44. The summed E-state index contributed by atoms with van der Waals surface area (Å²) in [5.74, 6) is 0.173. The van der Waals surface area contributed by atoms with Crippen LogP contribution in [0.5, 0.6) is 0 Å². The van der Waals surface area contributed by atoms with Gasteiger partial charge in [-0.1, -0.05) is 29.8 Å². The van der Waals surface area contributed by atoms with Gasteiger partial charge < -0.3 is 4.90 Å². The van der Waals surface area contributed by atoms with Crippen molar-refractivity contribution in [2.45, 2.75) is 19.5 Å². The fourth-order valence-electron chi connectivity index (χ4n) is 1.80. The Bertz CT molecular complexity index is 358. The molecule has 1 aromatic rings. The minimum absolute atomic E-state index is 0.153. The second-order valence-electron chi connectivity index (χ2n) is 4.09. The Morgan fingerprint density at radius 3 is 2.60 bits per heavy atom. The number of nitrogens with one attached hydrogen (secondary N) is 1. The van der Waals surface area contributed by atoms with E-state index < -0.39 is 0 Å². The van der Waals surface area contributed by atoms with Gasteiger partial charge in [0.2, 0.25) is 5.91 Å². The highest BCUT2D eigenvalue weighted by atomic mass is 16.2. The Labute approximate surface area is 90.1 Å². The van der Waals surface area contributed by atoms with E-state index in [2.05, 4.69) is 36.5 Å². The van der Waals surface area contributed by atoms with Crippen LogP contribution in [-0.2, 0) is 11.2 Å². The molecule has 0 aliphatic carbocycles. The first kappa shape index (κ1) is 10.2. The molecular weight excluding hydrogens is 188 g/mol. The number of benzene rings is 1. The van der Waals surface area contributed by atoms with Crippen LogP contribution in [0.25, 0.3) is 0 Å². The fourth-order valence-corrected chi connectivity index (χ4v) is 1.80. The molecule has 1 atom stereocenters. The number of aryl methyl sites for hydroxylation is 1. The molecule has 1 saturated heterocycles. The van der Waals surface area contributed by atoms with Crippen molar-refractivity contribution in [3.8, 4) is 0 Å². The molecule has 15 heavy (non-hydrogen) atoms. The quantitative estimate of drug-likeness (QED) is 0.777. The van der Waals surface area contributed by atoms with E-state index in [-0.39, 0.29) is 12.1 Å². The number of hydrogen-bond acceptors (Lipinski definition) is 2. The lowest BCUT2D eigenvalue weighted by Gasteiger charge is -2.19. The van der Waals surface area contributed by atoms with Gasteiger partial charge in [-0.3, -0.25) is 10.1 Å². The molecule has 2 rings (SSSR count). The van der Waals surface area contributed by atoms with Crippen LogP contribution in [0.2, 0.25) is 0 Å². The smallest absolute Gasteiger partial charge is 0.237 e. The number of amides is 1. The number of rotatable bonds is 2. The zero-order valence-electron chi connectivity index (χ0n) is 9.16. The lowest BCUT2D eigenvalue weighted by atomic mass is 10.1. The van der Waals surface area contributed by atoms with Crippen molar-refractivity contribution in [3.63, 3.8) is 0 Å². The summed E-state index contributed by atoms with van der Waals surface area (Å²) in [4.78, 5) is 13.1. The molecule has 1 aliphatic rings. The first-order chi connectivity index (χ1) is 7.16. The van der Waals surface area contributed by atoms with Gasteiger partial charge in [0.05, 0.1) is 12.7 Å². The molecule has 0 radical (unpaired) electrons. The van der Waals surface area contributed by atoms with Gasteiger partial charge >= 0.3 is 0 Å². The number of likely N-dealkylation sites (N-methyl/N-ethyl adjacent to an activating group) is 1. The predicted molar refractivity (Wildman–Crippen MR) is 59.4 cm³/mol. The molecule has 80 valence electrons. The van der Waals surface area contributed by atoms with Gasteiger partial charge in [-0.15, -0.1) is 0 Å². The summed E-state index contributed by atoms with van der Waals surface area (Å²) in [5, 5.41) is 3.20. The van der Waals surface area contributed by atoms with E-state index in [1.807, 2.05) is 7.05 Å². The lowest BCUT2D eigenvalue weighted by molar-refractivity contribution is -0.126. The maximum Gasteiger partial charge on any atom is 0.237 e. The van der Waals surface area contributed by atoms with Crippen LogP contribution in [0.3, 0.4) is 0 Å². The van der Waals surface area contributed by atoms with Crippen LogP contribution in [0, 0.1) is 6.92 Å². The SMILES string of the molecule is Cc1ccc(C[C@H]2NCC(=O)N2C)cc1. The molecule has 0 saturated carbocycles. The summed E-state index contributed by atoms with van der Waals surface area (Å²) in [5.41, 5.74) is 2.53. The van der Waals surface area contributed by atoms with E-state index in [0.717, 1.165) is 6.42 Å². The van der Waals surface area contributed by atoms with Crippen molar-refractivity contribution in [1.82, 2.24) is 10.2 Å². The number of carbonyl (C=O) groups excluding carboxylic acids is 1. The summed E-state index contributed by atoms with van der Waals surface area (Å²) in [7, 11) is 1.85. The second-order valence-corrected chi connectivity index (χ2v) is 4.09. The van der Waals surface area contributed by atoms with Crippen molar-refractivity contribution < 1.29 is 4.79 Å². The first-order valence-electron chi connectivity index (χ1n) is 5.21. The third kappa shape index (κ3) is 2.18. The lowest BCUT2D eigenvalue weighted by Crippen LogP contribution is -2.35. The van der Waals surface area contributed by atoms with E-state index in [4.69, 9.17) is 0 Å². The zero-order valence-corrected chi connectivity index (χ0v) is 9.16. The van der Waals surface area contributed by atoms with Gasteiger partial charge in [-0.2, -0.15) is 0 Å². The van der Waals surface area contributed by atoms with Gasteiger partial charge in [-0.05, 0) is 12.5 Å². The summed E-state index contributed by atoms with van der Waals surface area (Å²) >= 11 is 0. The third-order valence-corrected chi connectivity index (χ3v) is 2.90. The van der Waals surface area contributed by atoms with E-state index in [0.29, 0.717) is 6.54 Å². The fraction of sp³-hybridized carbons (Fsp3) is 0.417. The highest BCUT2D eigenvalue weighted by molar-refractivity contribution is 5.80. The Kier molecular flexibility index (Phi) is 2.73. The van der Waals surface area contributed by atoms with Gasteiger partial charge in [0.25, 0.3) is 0 Å². The van der Waals surface area contributed by atoms with Crippen LogP contribution in [0.4, 0.5) is 0 Å². The minimum atomic E-state index is 0.153. The molecule has 0 spiro atoms. The van der Waals surface area contributed by atoms with Crippen molar-refractivity contribution in [3.05, 3.63) is 35.4 Å². The van der Waals surface area contributed by atoms with Crippen LogP contribution >= 0.6 is 0 Å². The first-order valence-corrected chi connectivity index (χ1v) is 5.21. The molecule has 3 nitrogen and oxygen atoms in total. The summed E-state index contributed by atoms with van der Waals surface area (Å²) < 4.78 is 0. The average Bonchev–Trinajstić information content (AvgIpc) is 2.53. The molecule has 0 unspecified atom stereocenters. The topological polar surface area (TPSA) is 32.3 Å². The van der Waals surface area contributed by atoms with Crippen molar-refractivity contribution in [2.75, 3.05) is 13.6 Å². The Morgan fingerprint density at radius 2 is 2.07 bits per heavy atom. The number of nitrogens with zero attached hydrogens (tertiary/aromatic N) is 1. The molecule has 1 N–H and O–H groups in total. The molecule has 1 fully saturated rings. The van der Waals surface area contributed by atoms with Crippen LogP contribution in [-0.4, -0.2) is 30.6 Å². The van der Waals surface area contributed by atoms with Crippen molar-refractivity contribution in [2.24, 2.45) is 0 Å². The predicted octanol–water partition coefficient (Wildman–Crippen LogP) is 0.925. The molecule has 1 aliphatic heterocycles. The van der Waals surface area contributed by atoms with Crippen molar-refractivity contribution >= 4 is 5.91 Å². The maximum absolute atomic E-state index is 11.3. The number of hydrogen-bond donors (Lipinski definition) is 1. The minimum Gasteiger partial charge on any atom is -0.329 e. The van der Waals surface area contributed by atoms with E-state index in [1.165, 1.54) is 11.1 Å². The average molecular weight is 204 g/mol. The van der Waals surface area contributed by atoms with Crippen LogP contribution in [0.15, 0.2) is 24.3 Å². The molecule has 0 aromatic heterocycles. The molecule has 3 heteroatoms. The molecule has 0 bridgehead atoms. The zero-order chi connectivity index (χ0) is 10.8. The Morgan fingerprint density at radius 1 is 1.40 bits per heavy atom. The van der Waals surface area contributed by atoms with Crippen molar-refractivity contribution in [1.29, 1.82) is 0 Å². The van der Waals surface area contributed by atoms with Gasteiger partial charge in [0, 0.05) is 13.5 Å².